The summed E-state index contributed by atoms with van der Waals surface area (Å²) in [6, 6.07) is 14.4. The largest absolute Gasteiger partial charge is 0.487 e. The van der Waals surface area contributed by atoms with E-state index < -0.39 is 0 Å². The number of nitrogens with zero attached hydrogens (tertiary/aromatic N) is 1. The van der Waals surface area contributed by atoms with Gasteiger partial charge in [-0.3, -0.25) is 0 Å². The topological polar surface area (TPSA) is 35.3 Å². The molecule has 0 aliphatic carbocycles. The highest BCUT2D eigenvalue weighted by molar-refractivity contribution is 5.54. The summed E-state index contributed by atoms with van der Waals surface area (Å²) in [6.07, 6.45) is 0.956. The zero-order valence-electron chi connectivity index (χ0n) is 13.2. The van der Waals surface area contributed by atoms with Gasteiger partial charge < -0.3 is 9.15 Å². The second-order valence-electron chi connectivity index (χ2n) is 5.29. The van der Waals surface area contributed by atoms with Gasteiger partial charge in [-0.25, -0.2) is 9.37 Å². The first-order valence-corrected chi connectivity index (χ1v) is 7.60. The minimum Gasteiger partial charge on any atom is -0.487 e. The molecular formula is C19H18FNO2. The lowest BCUT2D eigenvalue weighted by Gasteiger charge is -2.05. The molecule has 0 bridgehead atoms. The van der Waals surface area contributed by atoms with Gasteiger partial charge in [-0.15, -0.1) is 0 Å². The summed E-state index contributed by atoms with van der Waals surface area (Å²) in [7, 11) is 0. The maximum Gasteiger partial charge on any atom is 0.229 e. The molecule has 0 saturated heterocycles. The quantitative estimate of drug-likeness (QED) is 0.670. The Hall–Kier alpha value is -2.62. The Labute approximate surface area is 134 Å². The van der Waals surface area contributed by atoms with Gasteiger partial charge >= 0.3 is 0 Å². The van der Waals surface area contributed by atoms with E-state index in [1.807, 2.05) is 18.2 Å². The van der Waals surface area contributed by atoms with Crippen LogP contribution in [0.25, 0.3) is 11.5 Å². The fourth-order valence-electron chi connectivity index (χ4n) is 2.32. The summed E-state index contributed by atoms with van der Waals surface area (Å²) >= 11 is 0. The molecule has 3 rings (SSSR count). The summed E-state index contributed by atoms with van der Waals surface area (Å²) < 4.78 is 25.2. The Balaban J connectivity index is 1.78. The molecule has 2 aromatic carbocycles. The van der Waals surface area contributed by atoms with E-state index in [2.05, 4.69) is 18.0 Å². The molecule has 0 aliphatic rings. The molecule has 1 aromatic heterocycles. The van der Waals surface area contributed by atoms with Crippen molar-refractivity contribution in [2.45, 2.75) is 26.9 Å². The predicted octanol–water partition coefficient (Wildman–Crippen LogP) is 4.93. The zero-order chi connectivity index (χ0) is 16.2. The minimum absolute atomic E-state index is 0.279. The molecule has 0 fully saturated rings. The van der Waals surface area contributed by atoms with Crippen LogP contribution in [0.2, 0.25) is 0 Å². The lowest BCUT2D eigenvalue weighted by atomic mass is 10.2. The molecule has 0 saturated carbocycles. The summed E-state index contributed by atoms with van der Waals surface area (Å²) in [6.45, 7) is 4.19. The van der Waals surface area contributed by atoms with Crippen molar-refractivity contribution in [2.75, 3.05) is 0 Å². The lowest BCUT2D eigenvalue weighted by molar-refractivity contribution is 0.299. The van der Waals surface area contributed by atoms with Gasteiger partial charge in [-0.1, -0.05) is 31.2 Å². The van der Waals surface area contributed by atoms with Crippen molar-refractivity contribution in [1.29, 1.82) is 0 Å². The Morgan fingerprint density at radius 1 is 1.13 bits per heavy atom. The van der Waals surface area contributed by atoms with E-state index in [1.54, 1.807) is 25.1 Å². The average molecular weight is 311 g/mol. The van der Waals surface area contributed by atoms with Crippen LogP contribution in [0.15, 0.2) is 52.9 Å². The molecule has 0 radical (unpaired) electrons. The molecule has 0 aliphatic heterocycles. The third-order valence-electron chi connectivity index (χ3n) is 3.68. The van der Waals surface area contributed by atoms with E-state index >= 15 is 0 Å². The van der Waals surface area contributed by atoms with Crippen molar-refractivity contribution < 1.29 is 13.5 Å². The van der Waals surface area contributed by atoms with Crippen molar-refractivity contribution in [3.05, 3.63) is 71.4 Å². The number of halogens is 1. The van der Waals surface area contributed by atoms with Crippen molar-refractivity contribution in [3.8, 4) is 17.2 Å². The smallest absolute Gasteiger partial charge is 0.229 e. The molecule has 0 N–H and O–H groups in total. The molecule has 3 nitrogen and oxygen atoms in total. The molecule has 0 amide bonds. The van der Waals surface area contributed by atoms with Crippen molar-refractivity contribution in [1.82, 2.24) is 4.98 Å². The summed E-state index contributed by atoms with van der Waals surface area (Å²) in [5.74, 6) is 1.35. The molecule has 3 aromatic rings. The molecule has 4 heteroatoms. The summed E-state index contributed by atoms with van der Waals surface area (Å²) in [4.78, 5) is 4.37. The highest BCUT2D eigenvalue weighted by atomic mass is 19.1. The van der Waals surface area contributed by atoms with Gasteiger partial charge in [0.15, 0.2) is 0 Å². The number of aromatic nitrogens is 1. The van der Waals surface area contributed by atoms with Crippen LogP contribution in [0.5, 0.6) is 5.75 Å². The van der Waals surface area contributed by atoms with Crippen LogP contribution in [0.3, 0.4) is 0 Å². The van der Waals surface area contributed by atoms with E-state index in [-0.39, 0.29) is 18.3 Å². The Bertz CT molecular complexity index is 811. The molecule has 0 unspecified atom stereocenters. The van der Waals surface area contributed by atoms with Gasteiger partial charge in [0.2, 0.25) is 5.89 Å². The van der Waals surface area contributed by atoms with Gasteiger partial charge in [0.05, 0.1) is 5.56 Å². The molecule has 23 heavy (non-hydrogen) atoms. The third kappa shape index (κ3) is 3.42. The first-order chi connectivity index (χ1) is 11.2. The van der Waals surface area contributed by atoms with Gasteiger partial charge in [0.25, 0.3) is 0 Å². The van der Waals surface area contributed by atoms with E-state index in [1.165, 1.54) is 11.6 Å². The minimum atomic E-state index is -0.350. The fraction of sp³-hybridized carbons (Fsp3) is 0.211. The van der Waals surface area contributed by atoms with E-state index in [0.717, 1.165) is 12.2 Å². The predicted molar refractivity (Wildman–Crippen MR) is 86.8 cm³/mol. The number of hydrogen-bond acceptors (Lipinski definition) is 3. The van der Waals surface area contributed by atoms with Crippen LogP contribution in [-0.2, 0) is 13.0 Å². The zero-order valence-corrected chi connectivity index (χ0v) is 13.2. The van der Waals surface area contributed by atoms with Crippen LogP contribution in [0.4, 0.5) is 4.39 Å². The standard InChI is InChI=1S/C19H18FNO2/c1-3-14-7-6-8-15(11-14)22-12-18-13(2)23-19(21-18)16-9-4-5-10-17(16)20/h4-11H,3,12H2,1-2H3. The molecule has 0 atom stereocenters. The SMILES string of the molecule is CCc1cccc(OCc2nc(-c3ccccc3F)oc2C)c1. The number of rotatable bonds is 5. The molecule has 0 spiro atoms. The van der Waals surface area contributed by atoms with Gasteiger partial charge in [0, 0.05) is 0 Å². The average Bonchev–Trinajstić information content (AvgIpc) is 2.94. The van der Waals surface area contributed by atoms with Crippen LogP contribution in [0, 0.1) is 12.7 Å². The lowest BCUT2D eigenvalue weighted by Crippen LogP contribution is -1.98. The first kappa shape index (κ1) is 15.3. The van der Waals surface area contributed by atoms with Crippen molar-refractivity contribution >= 4 is 0 Å². The normalized spacial score (nSPS) is 10.7. The number of ether oxygens (including phenoxy) is 1. The van der Waals surface area contributed by atoms with E-state index in [9.17, 15) is 4.39 Å². The number of aryl methyl sites for hydroxylation is 2. The second kappa shape index (κ2) is 6.65. The molecule has 1 heterocycles. The first-order valence-electron chi connectivity index (χ1n) is 7.60. The summed E-state index contributed by atoms with van der Waals surface area (Å²) in [5, 5.41) is 0. The monoisotopic (exact) mass is 311 g/mol. The Morgan fingerprint density at radius 3 is 2.74 bits per heavy atom. The number of oxazole rings is 1. The fourth-order valence-corrected chi connectivity index (χ4v) is 2.32. The van der Waals surface area contributed by atoms with Gasteiger partial charge in [-0.05, 0) is 43.2 Å². The van der Waals surface area contributed by atoms with Crippen LogP contribution in [-0.4, -0.2) is 4.98 Å². The second-order valence-corrected chi connectivity index (χ2v) is 5.29. The van der Waals surface area contributed by atoms with Crippen LogP contribution >= 0.6 is 0 Å². The van der Waals surface area contributed by atoms with Gasteiger partial charge in [0.1, 0.15) is 29.6 Å². The maximum absolute atomic E-state index is 13.8. The van der Waals surface area contributed by atoms with Crippen molar-refractivity contribution in [3.63, 3.8) is 0 Å². The Kier molecular flexibility index (Phi) is 4.42. The maximum atomic E-state index is 13.8. The van der Waals surface area contributed by atoms with E-state index in [0.29, 0.717) is 17.0 Å². The Morgan fingerprint density at radius 2 is 1.96 bits per heavy atom. The van der Waals surface area contributed by atoms with E-state index in [4.69, 9.17) is 9.15 Å². The van der Waals surface area contributed by atoms with Crippen molar-refractivity contribution in [2.24, 2.45) is 0 Å². The van der Waals surface area contributed by atoms with Crippen LogP contribution < -0.4 is 4.74 Å². The number of benzene rings is 2. The highest BCUT2D eigenvalue weighted by Crippen LogP contribution is 2.25. The highest BCUT2D eigenvalue weighted by Gasteiger charge is 2.14. The third-order valence-corrected chi connectivity index (χ3v) is 3.68. The summed E-state index contributed by atoms with van der Waals surface area (Å²) in [5.41, 5.74) is 2.24. The molecule has 118 valence electrons. The molecular weight excluding hydrogens is 293 g/mol. The van der Waals surface area contributed by atoms with Gasteiger partial charge in [-0.2, -0.15) is 0 Å². The van der Waals surface area contributed by atoms with Crippen LogP contribution in [0.1, 0.15) is 23.9 Å². The number of hydrogen-bond donors (Lipinski definition) is 0.